The van der Waals surface area contributed by atoms with Crippen molar-refractivity contribution in [2.24, 2.45) is 0 Å². The lowest BCUT2D eigenvalue weighted by Crippen LogP contribution is -2.46. The van der Waals surface area contributed by atoms with E-state index < -0.39 is 0 Å². The minimum Gasteiger partial charge on any atom is -0.271 e. The summed E-state index contributed by atoms with van der Waals surface area (Å²) in [6.45, 7) is 4.06. The third-order valence-electron chi connectivity index (χ3n) is 6.93. The van der Waals surface area contributed by atoms with E-state index in [0.29, 0.717) is 11.1 Å². The average molecular weight is 470 g/mol. The maximum absolute atomic E-state index is 13.5. The Morgan fingerprint density at radius 2 is 1.19 bits per heavy atom. The number of fused-ring (bicyclic) bond motifs is 2. The molecular formula is C27H20BrNO2. The molecule has 0 unspecified atom stereocenters. The van der Waals surface area contributed by atoms with Crippen LogP contribution in [0.15, 0.2) is 59.1 Å². The van der Waals surface area contributed by atoms with Crippen LogP contribution < -0.4 is 0 Å². The zero-order valence-corrected chi connectivity index (χ0v) is 18.9. The predicted molar refractivity (Wildman–Crippen MR) is 130 cm³/mol. The van der Waals surface area contributed by atoms with E-state index in [1.807, 2.05) is 26.0 Å². The quantitative estimate of drug-likeness (QED) is 0.158. The van der Waals surface area contributed by atoms with Crippen LogP contribution in [0.25, 0.3) is 43.1 Å². The molecule has 0 atom stereocenters. The van der Waals surface area contributed by atoms with E-state index in [-0.39, 0.29) is 17.9 Å². The third-order valence-corrected chi connectivity index (χ3v) is 7.63. The van der Waals surface area contributed by atoms with Crippen LogP contribution >= 0.6 is 15.9 Å². The van der Waals surface area contributed by atoms with E-state index in [1.54, 1.807) is 0 Å². The molecule has 1 heterocycles. The Morgan fingerprint density at radius 3 is 1.81 bits per heavy atom. The van der Waals surface area contributed by atoms with Crippen molar-refractivity contribution >= 4 is 70.8 Å². The van der Waals surface area contributed by atoms with Gasteiger partial charge in [-0.3, -0.25) is 14.5 Å². The van der Waals surface area contributed by atoms with Crippen LogP contribution in [0, 0.1) is 0 Å². The lowest BCUT2D eigenvalue weighted by molar-refractivity contribution is 0.0530. The summed E-state index contributed by atoms with van der Waals surface area (Å²) >= 11 is 3.69. The van der Waals surface area contributed by atoms with Gasteiger partial charge in [0.1, 0.15) is 0 Å². The Labute approximate surface area is 188 Å². The summed E-state index contributed by atoms with van der Waals surface area (Å²) in [5.74, 6) is -0.343. The Balaban J connectivity index is 1.80. The lowest BCUT2D eigenvalue weighted by Gasteiger charge is -2.33. The van der Waals surface area contributed by atoms with Gasteiger partial charge in [-0.2, -0.15) is 0 Å². The summed E-state index contributed by atoms with van der Waals surface area (Å²) in [5.41, 5.74) is 1.27. The highest BCUT2D eigenvalue weighted by Crippen LogP contribution is 2.45. The number of imide groups is 1. The van der Waals surface area contributed by atoms with Gasteiger partial charge in [0.2, 0.25) is 0 Å². The van der Waals surface area contributed by atoms with E-state index in [0.717, 1.165) is 49.6 Å². The molecule has 152 valence electrons. The standard InChI is InChI=1S/C27H20BrNO2/c1-3-14(4-2)29-26(30)20-10-8-17-15-6-5-7-19-22(28)13-12-16(23(15)19)18-9-11-21(27(29)31)25(20)24(17)18/h5-14H,3-4H2,1-2H3. The van der Waals surface area contributed by atoms with Gasteiger partial charge in [-0.05, 0) is 68.7 Å². The molecule has 0 radical (unpaired) electrons. The second-order valence-corrected chi connectivity index (χ2v) is 9.20. The molecule has 2 amide bonds. The summed E-state index contributed by atoms with van der Waals surface area (Å²) in [4.78, 5) is 28.4. The van der Waals surface area contributed by atoms with E-state index in [1.165, 1.54) is 15.7 Å². The number of hydrogen-bond donors (Lipinski definition) is 0. The van der Waals surface area contributed by atoms with Crippen molar-refractivity contribution in [2.75, 3.05) is 0 Å². The Bertz CT molecular complexity index is 1490. The largest absolute Gasteiger partial charge is 0.271 e. The first kappa shape index (κ1) is 18.8. The predicted octanol–water partition coefficient (Wildman–Crippen LogP) is 7.28. The molecule has 31 heavy (non-hydrogen) atoms. The summed E-state index contributed by atoms with van der Waals surface area (Å²) in [6.07, 6.45) is 1.51. The van der Waals surface area contributed by atoms with Crippen molar-refractivity contribution in [1.82, 2.24) is 4.90 Å². The summed E-state index contributed by atoms with van der Waals surface area (Å²) in [5, 5.41) is 8.66. The van der Waals surface area contributed by atoms with E-state index in [9.17, 15) is 9.59 Å². The number of rotatable bonds is 3. The lowest BCUT2D eigenvalue weighted by atomic mass is 9.84. The number of carbonyl (C=O) groups excluding carboxylic acids is 2. The van der Waals surface area contributed by atoms with Gasteiger partial charge in [-0.25, -0.2) is 0 Å². The molecule has 0 saturated heterocycles. The molecule has 0 aromatic heterocycles. The van der Waals surface area contributed by atoms with Crippen LogP contribution in [0.1, 0.15) is 47.4 Å². The highest BCUT2D eigenvalue weighted by atomic mass is 79.9. The number of amides is 2. The number of nitrogens with zero attached hydrogens (tertiary/aromatic N) is 1. The zero-order valence-electron chi connectivity index (χ0n) is 17.3. The zero-order chi connectivity index (χ0) is 21.4. The Kier molecular flexibility index (Phi) is 3.94. The number of halogens is 1. The smallest absolute Gasteiger partial charge is 0.261 e. The molecule has 0 spiro atoms. The van der Waals surface area contributed by atoms with Gasteiger partial charge in [0.15, 0.2) is 0 Å². The van der Waals surface area contributed by atoms with Gasteiger partial charge in [-0.15, -0.1) is 0 Å². The van der Waals surface area contributed by atoms with Crippen LogP contribution in [0.5, 0.6) is 0 Å². The van der Waals surface area contributed by atoms with Gasteiger partial charge in [0.05, 0.1) is 0 Å². The molecule has 0 fully saturated rings. The molecule has 5 aromatic rings. The summed E-state index contributed by atoms with van der Waals surface area (Å²) in [6, 6.07) is 18.4. The monoisotopic (exact) mass is 469 g/mol. The molecule has 1 aliphatic heterocycles. The van der Waals surface area contributed by atoms with Crippen molar-refractivity contribution in [3.8, 4) is 0 Å². The van der Waals surface area contributed by atoms with Gasteiger partial charge >= 0.3 is 0 Å². The molecule has 0 saturated carbocycles. The van der Waals surface area contributed by atoms with Crippen LogP contribution in [0.2, 0.25) is 0 Å². The number of benzene rings is 5. The maximum atomic E-state index is 13.5. The fourth-order valence-corrected chi connectivity index (χ4v) is 5.92. The molecule has 3 nitrogen and oxygen atoms in total. The Morgan fingerprint density at radius 1 is 0.677 bits per heavy atom. The molecule has 0 N–H and O–H groups in total. The third kappa shape index (κ3) is 2.29. The first-order valence-electron chi connectivity index (χ1n) is 10.8. The van der Waals surface area contributed by atoms with Gasteiger partial charge in [0.25, 0.3) is 11.8 Å². The van der Waals surface area contributed by atoms with Crippen molar-refractivity contribution in [3.05, 3.63) is 70.2 Å². The molecular weight excluding hydrogens is 450 g/mol. The second kappa shape index (κ2) is 6.51. The first-order valence-corrected chi connectivity index (χ1v) is 11.6. The van der Waals surface area contributed by atoms with E-state index >= 15 is 0 Å². The van der Waals surface area contributed by atoms with Crippen molar-refractivity contribution in [3.63, 3.8) is 0 Å². The maximum Gasteiger partial charge on any atom is 0.261 e. The molecule has 1 aliphatic rings. The Hall–Kier alpha value is -2.98. The molecule has 4 heteroatoms. The second-order valence-electron chi connectivity index (χ2n) is 8.35. The van der Waals surface area contributed by atoms with E-state index in [4.69, 9.17) is 0 Å². The summed E-state index contributed by atoms with van der Waals surface area (Å²) < 4.78 is 1.06. The van der Waals surface area contributed by atoms with Crippen molar-refractivity contribution in [1.29, 1.82) is 0 Å². The van der Waals surface area contributed by atoms with Crippen LogP contribution in [0.3, 0.4) is 0 Å². The SMILES string of the molecule is CCC(CC)N1C(=O)c2ccc3c4cccc5c(Br)ccc(c6ccc(c2c36)C1=O)c54. The highest BCUT2D eigenvalue weighted by molar-refractivity contribution is 9.10. The topological polar surface area (TPSA) is 37.4 Å². The van der Waals surface area contributed by atoms with Crippen LogP contribution in [-0.2, 0) is 0 Å². The minimum absolute atomic E-state index is 0.0812. The summed E-state index contributed by atoms with van der Waals surface area (Å²) in [7, 11) is 0. The fourth-order valence-electron chi connectivity index (χ4n) is 5.46. The first-order chi connectivity index (χ1) is 15.1. The fraction of sp³-hybridized carbons (Fsp3) is 0.185. The van der Waals surface area contributed by atoms with Crippen molar-refractivity contribution in [2.45, 2.75) is 32.7 Å². The van der Waals surface area contributed by atoms with Crippen LogP contribution in [0.4, 0.5) is 0 Å². The molecule has 0 aliphatic carbocycles. The van der Waals surface area contributed by atoms with Crippen LogP contribution in [-0.4, -0.2) is 22.8 Å². The van der Waals surface area contributed by atoms with Gasteiger partial charge in [0, 0.05) is 27.0 Å². The van der Waals surface area contributed by atoms with Crippen molar-refractivity contribution < 1.29 is 9.59 Å². The number of carbonyl (C=O) groups is 2. The van der Waals surface area contributed by atoms with E-state index in [2.05, 4.69) is 58.4 Å². The number of hydrogen-bond acceptors (Lipinski definition) is 2. The van der Waals surface area contributed by atoms with Gasteiger partial charge in [-0.1, -0.05) is 66.2 Å². The average Bonchev–Trinajstić information content (AvgIpc) is 2.80. The minimum atomic E-state index is -0.172. The molecule has 6 rings (SSSR count). The normalized spacial score (nSPS) is 14.3. The molecule has 5 aromatic carbocycles. The van der Waals surface area contributed by atoms with Gasteiger partial charge < -0.3 is 0 Å². The molecule has 0 bridgehead atoms. The highest BCUT2D eigenvalue weighted by Gasteiger charge is 2.37.